The molecule has 2 heterocycles. The number of hydrogen-bond donors (Lipinski definition) is 0. The van der Waals surface area contributed by atoms with Crippen molar-refractivity contribution < 1.29 is 43.7 Å². The maximum Gasteiger partial charge on any atom is 0.673 e. The first-order valence-corrected chi connectivity index (χ1v) is 9.90. The molecule has 0 N–H and O–H groups in total. The van der Waals surface area contributed by atoms with Crippen molar-refractivity contribution in [1.82, 2.24) is 0 Å². The highest BCUT2D eigenvalue weighted by Crippen LogP contribution is 2.07. The highest BCUT2D eigenvalue weighted by atomic mass is 19.5. The van der Waals surface area contributed by atoms with E-state index in [2.05, 4.69) is 79.0 Å². The summed E-state index contributed by atoms with van der Waals surface area (Å²) in [6, 6.07) is 10.4. The van der Waals surface area contributed by atoms with Gasteiger partial charge in [-0.1, -0.05) is 32.8 Å². The van der Waals surface area contributed by atoms with E-state index in [-0.39, 0.29) is 0 Å². The average Bonchev–Trinajstić information content (AvgIpc) is 2.63. The molecule has 0 saturated carbocycles. The molecule has 2 nitrogen and oxygen atoms in total. The standard InChI is InChI=1S/C10H16N.C9H14N.2BF4/c1-3-4-7-11-8-5-6-10(2)9-11;1-2-3-7-10-8-5-4-6-9-10;2*2-1(3,4)5/h5-6,8-9H,3-4,7H2,1-2H3;4-6,8-9H,2-3,7H2,1H3;;/q2*+1;2*-1. The van der Waals surface area contributed by atoms with Crippen LogP contribution in [0.15, 0.2) is 55.1 Å². The summed E-state index contributed by atoms with van der Waals surface area (Å²) in [7, 11) is -12.0. The van der Waals surface area contributed by atoms with Crippen molar-refractivity contribution in [2.75, 3.05) is 0 Å². The second kappa shape index (κ2) is 17.5. The van der Waals surface area contributed by atoms with Gasteiger partial charge in [-0.15, -0.1) is 0 Å². The molecule has 0 radical (unpaired) electrons. The molecule has 31 heavy (non-hydrogen) atoms. The fraction of sp³-hybridized carbons (Fsp3) is 0.474. The third-order valence-electron chi connectivity index (χ3n) is 3.32. The zero-order valence-corrected chi connectivity index (χ0v) is 18.0. The Labute approximate surface area is 179 Å². The Morgan fingerprint density at radius 2 is 1.03 bits per heavy atom. The summed E-state index contributed by atoms with van der Waals surface area (Å²) >= 11 is 0. The van der Waals surface area contributed by atoms with Crippen LogP contribution in [0.4, 0.5) is 34.5 Å². The van der Waals surface area contributed by atoms with Crippen LogP contribution >= 0.6 is 0 Å². The van der Waals surface area contributed by atoms with Gasteiger partial charge in [0.15, 0.2) is 24.8 Å². The molecule has 0 bridgehead atoms. The summed E-state index contributed by atoms with van der Waals surface area (Å²) in [6.45, 7) is 8.86. The van der Waals surface area contributed by atoms with E-state index >= 15 is 0 Å². The minimum absolute atomic E-state index is 1.15. The highest BCUT2D eigenvalue weighted by Gasteiger charge is 2.21. The minimum Gasteiger partial charge on any atom is -0.418 e. The van der Waals surface area contributed by atoms with Crippen LogP contribution < -0.4 is 9.13 Å². The number of rotatable bonds is 6. The fourth-order valence-electron chi connectivity index (χ4n) is 2.06. The molecule has 0 aliphatic rings. The second-order valence-corrected chi connectivity index (χ2v) is 6.43. The summed E-state index contributed by atoms with van der Waals surface area (Å²) in [5.41, 5.74) is 1.34. The Bertz CT molecular complexity index is 644. The summed E-state index contributed by atoms with van der Waals surface area (Å²) in [6.07, 6.45) is 13.6. The molecule has 0 atom stereocenters. The predicted molar refractivity (Wildman–Crippen MR) is 108 cm³/mol. The summed E-state index contributed by atoms with van der Waals surface area (Å²) < 4.78 is 82.5. The summed E-state index contributed by atoms with van der Waals surface area (Å²) in [4.78, 5) is 0. The molecule has 178 valence electrons. The molecular formula is C19H30B2F8N2. The van der Waals surface area contributed by atoms with Gasteiger partial charge in [0.25, 0.3) is 0 Å². The van der Waals surface area contributed by atoms with Crippen LogP contribution in [0.1, 0.15) is 45.1 Å². The van der Waals surface area contributed by atoms with Gasteiger partial charge in [0, 0.05) is 36.6 Å². The number of pyridine rings is 2. The van der Waals surface area contributed by atoms with E-state index in [0.29, 0.717) is 0 Å². The van der Waals surface area contributed by atoms with Crippen molar-refractivity contribution in [1.29, 1.82) is 0 Å². The fourth-order valence-corrected chi connectivity index (χ4v) is 2.06. The van der Waals surface area contributed by atoms with Gasteiger partial charge in [-0.2, -0.15) is 0 Å². The molecule has 0 spiro atoms. The first-order valence-electron chi connectivity index (χ1n) is 9.90. The van der Waals surface area contributed by atoms with E-state index in [9.17, 15) is 34.5 Å². The lowest BCUT2D eigenvalue weighted by molar-refractivity contribution is -0.697. The SMILES string of the molecule is CCCC[n+]1cccc(C)c1.CCCC[n+]1ccccc1.F[B-](F)(F)F.F[B-](F)(F)F. The Hall–Kier alpha value is -2.13. The van der Waals surface area contributed by atoms with E-state index in [0.717, 1.165) is 13.1 Å². The Morgan fingerprint density at radius 1 is 0.645 bits per heavy atom. The molecule has 0 saturated heterocycles. The van der Waals surface area contributed by atoms with Crippen molar-refractivity contribution in [3.8, 4) is 0 Å². The van der Waals surface area contributed by atoms with Crippen LogP contribution in [0.2, 0.25) is 0 Å². The van der Waals surface area contributed by atoms with Gasteiger partial charge in [-0.3, -0.25) is 0 Å². The number of hydrogen-bond acceptors (Lipinski definition) is 0. The predicted octanol–water partition coefficient (Wildman–Crippen LogP) is 6.46. The quantitative estimate of drug-likeness (QED) is 0.266. The van der Waals surface area contributed by atoms with E-state index in [4.69, 9.17) is 0 Å². The highest BCUT2D eigenvalue weighted by molar-refractivity contribution is 6.50. The molecule has 0 unspecified atom stereocenters. The van der Waals surface area contributed by atoms with Gasteiger partial charge in [0.1, 0.15) is 13.1 Å². The Morgan fingerprint density at radius 3 is 1.42 bits per heavy atom. The van der Waals surface area contributed by atoms with Crippen LogP contribution in [0.3, 0.4) is 0 Å². The van der Waals surface area contributed by atoms with Gasteiger partial charge >= 0.3 is 14.5 Å². The molecule has 0 fully saturated rings. The lowest BCUT2D eigenvalue weighted by Gasteiger charge is -1.94. The zero-order valence-electron chi connectivity index (χ0n) is 18.0. The van der Waals surface area contributed by atoms with Crippen molar-refractivity contribution in [2.45, 2.75) is 59.5 Å². The number of aromatic nitrogens is 2. The lowest BCUT2D eigenvalue weighted by Crippen LogP contribution is -2.32. The molecule has 0 aliphatic carbocycles. The number of unbranched alkanes of at least 4 members (excludes halogenated alkanes) is 2. The maximum absolute atomic E-state index is 9.75. The van der Waals surface area contributed by atoms with Gasteiger partial charge in [-0.05, 0) is 13.0 Å². The maximum atomic E-state index is 9.75. The minimum atomic E-state index is -6.00. The zero-order chi connectivity index (χ0) is 24.3. The Kier molecular flexibility index (Phi) is 17.6. The normalized spacial score (nSPS) is 10.5. The molecule has 12 heteroatoms. The largest absolute Gasteiger partial charge is 0.673 e. The molecule has 0 aliphatic heterocycles. The Balaban J connectivity index is 0. The molecule has 2 aromatic rings. The van der Waals surface area contributed by atoms with Crippen LogP contribution in [-0.4, -0.2) is 14.5 Å². The monoisotopic (exact) mass is 460 g/mol. The van der Waals surface area contributed by atoms with Crippen LogP contribution in [0.25, 0.3) is 0 Å². The van der Waals surface area contributed by atoms with Crippen LogP contribution in [-0.2, 0) is 13.1 Å². The van der Waals surface area contributed by atoms with E-state index < -0.39 is 14.5 Å². The first-order chi connectivity index (χ1) is 14.3. The third kappa shape index (κ3) is 32.7. The van der Waals surface area contributed by atoms with Gasteiger partial charge in [0.05, 0.1) is 0 Å². The molecular weight excluding hydrogens is 430 g/mol. The molecule has 2 aromatic heterocycles. The number of halogens is 8. The third-order valence-corrected chi connectivity index (χ3v) is 3.32. The van der Waals surface area contributed by atoms with E-state index in [1.165, 1.54) is 31.2 Å². The first kappa shape index (κ1) is 31.1. The van der Waals surface area contributed by atoms with Crippen LogP contribution in [0.5, 0.6) is 0 Å². The van der Waals surface area contributed by atoms with Crippen molar-refractivity contribution in [3.63, 3.8) is 0 Å². The van der Waals surface area contributed by atoms with Crippen molar-refractivity contribution in [2.24, 2.45) is 0 Å². The molecule has 0 amide bonds. The average molecular weight is 460 g/mol. The van der Waals surface area contributed by atoms with Crippen molar-refractivity contribution >= 4 is 14.5 Å². The molecule has 2 rings (SSSR count). The van der Waals surface area contributed by atoms with Crippen LogP contribution in [0, 0.1) is 6.92 Å². The number of nitrogens with zero attached hydrogens (tertiary/aromatic N) is 2. The van der Waals surface area contributed by atoms with Gasteiger partial charge < -0.3 is 34.5 Å². The number of aryl methyl sites for hydroxylation is 3. The van der Waals surface area contributed by atoms with E-state index in [1.807, 2.05) is 6.07 Å². The summed E-state index contributed by atoms with van der Waals surface area (Å²) in [5.74, 6) is 0. The lowest BCUT2D eigenvalue weighted by atomic mass is 10.3. The van der Waals surface area contributed by atoms with Gasteiger partial charge in [0.2, 0.25) is 0 Å². The van der Waals surface area contributed by atoms with Gasteiger partial charge in [-0.25, -0.2) is 9.13 Å². The smallest absolute Gasteiger partial charge is 0.418 e. The molecule has 0 aromatic carbocycles. The summed E-state index contributed by atoms with van der Waals surface area (Å²) in [5, 5.41) is 0. The topological polar surface area (TPSA) is 7.76 Å². The second-order valence-electron chi connectivity index (χ2n) is 6.43. The van der Waals surface area contributed by atoms with Crippen molar-refractivity contribution in [3.05, 3.63) is 60.7 Å². The van der Waals surface area contributed by atoms with E-state index in [1.54, 1.807) is 0 Å².